The van der Waals surface area contributed by atoms with E-state index in [0.717, 1.165) is 11.1 Å². The van der Waals surface area contributed by atoms with Crippen LogP contribution in [0, 0.1) is 6.92 Å². The monoisotopic (exact) mass is 301 g/mol. The van der Waals surface area contributed by atoms with Crippen molar-refractivity contribution in [3.8, 4) is 11.6 Å². The molecule has 0 saturated carbocycles. The maximum absolute atomic E-state index is 6.07. The number of pyridine rings is 1. The number of nitrogens with zero attached hydrogens (tertiary/aromatic N) is 1. The topological polar surface area (TPSA) is 22.1 Å². The van der Waals surface area contributed by atoms with E-state index in [1.54, 1.807) is 18.3 Å². The summed E-state index contributed by atoms with van der Waals surface area (Å²) in [5.74, 6) is 1.20. The highest BCUT2D eigenvalue weighted by Gasteiger charge is 2.08. The lowest BCUT2D eigenvalue weighted by molar-refractivity contribution is 0.463. The molecule has 1 aromatic carbocycles. The van der Waals surface area contributed by atoms with Crippen LogP contribution in [0.3, 0.4) is 0 Å². The fourth-order valence-electron chi connectivity index (χ4n) is 1.41. The molecular weight excluding hydrogens is 293 g/mol. The molecule has 0 fully saturated rings. The maximum Gasteiger partial charge on any atom is 0.238 e. The van der Waals surface area contributed by atoms with E-state index in [0.29, 0.717) is 27.6 Å². The zero-order valence-corrected chi connectivity index (χ0v) is 11.9. The van der Waals surface area contributed by atoms with Crippen molar-refractivity contribution in [1.82, 2.24) is 4.98 Å². The van der Waals surface area contributed by atoms with Crippen molar-refractivity contribution in [3.05, 3.63) is 51.6 Å². The average Bonchev–Trinajstić information content (AvgIpc) is 2.34. The standard InChI is InChI=1S/C13H10Cl3NO/c1-8-2-3-12(10(15)4-8)18-13-11(16)5-9(6-14)7-17-13/h2-5,7H,6H2,1H3. The van der Waals surface area contributed by atoms with Crippen LogP contribution < -0.4 is 4.74 Å². The first kappa shape index (κ1) is 13.5. The van der Waals surface area contributed by atoms with E-state index in [9.17, 15) is 0 Å². The Morgan fingerprint density at radius 2 is 1.94 bits per heavy atom. The SMILES string of the molecule is Cc1ccc(Oc2ncc(CCl)cc2Cl)c(Cl)c1. The summed E-state index contributed by atoms with van der Waals surface area (Å²) < 4.78 is 5.58. The molecule has 0 saturated heterocycles. The van der Waals surface area contributed by atoms with E-state index in [-0.39, 0.29) is 0 Å². The molecule has 2 rings (SSSR count). The highest BCUT2D eigenvalue weighted by atomic mass is 35.5. The van der Waals surface area contributed by atoms with Crippen LogP contribution in [0.1, 0.15) is 11.1 Å². The molecule has 0 amide bonds. The summed E-state index contributed by atoms with van der Waals surface area (Å²) in [6.07, 6.45) is 1.62. The van der Waals surface area contributed by atoms with E-state index in [2.05, 4.69) is 4.98 Å². The number of alkyl halides is 1. The summed E-state index contributed by atoms with van der Waals surface area (Å²) in [6, 6.07) is 7.23. The zero-order valence-electron chi connectivity index (χ0n) is 9.58. The predicted octanol–water partition coefficient (Wildman–Crippen LogP) is 5.23. The number of halogens is 3. The van der Waals surface area contributed by atoms with Gasteiger partial charge in [0, 0.05) is 12.1 Å². The second kappa shape index (κ2) is 5.79. The molecule has 5 heteroatoms. The molecule has 18 heavy (non-hydrogen) atoms. The molecule has 1 aromatic heterocycles. The predicted molar refractivity (Wildman–Crippen MR) is 75.1 cm³/mol. The van der Waals surface area contributed by atoms with Gasteiger partial charge in [0.25, 0.3) is 0 Å². The van der Waals surface area contributed by atoms with Crippen LogP contribution in [-0.2, 0) is 5.88 Å². The van der Waals surface area contributed by atoms with E-state index in [1.807, 2.05) is 19.1 Å². The average molecular weight is 303 g/mol. The third-order valence-electron chi connectivity index (χ3n) is 2.31. The fourth-order valence-corrected chi connectivity index (χ4v) is 2.05. The largest absolute Gasteiger partial charge is 0.436 e. The number of aryl methyl sites for hydroxylation is 1. The molecule has 0 aliphatic rings. The molecule has 0 aliphatic carbocycles. The first-order valence-corrected chi connectivity index (χ1v) is 6.53. The van der Waals surface area contributed by atoms with Gasteiger partial charge in [0.1, 0.15) is 10.8 Å². The Morgan fingerprint density at radius 3 is 2.56 bits per heavy atom. The van der Waals surface area contributed by atoms with Gasteiger partial charge in [0.05, 0.1) is 5.02 Å². The van der Waals surface area contributed by atoms with Crippen molar-refractivity contribution in [2.24, 2.45) is 0 Å². The van der Waals surface area contributed by atoms with Gasteiger partial charge in [0.15, 0.2) is 0 Å². The Hall–Kier alpha value is -0.960. The molecule has 0 spiro atoms. The Labute approximate surface area is 120 Å². The Kier molecular flexibility index (Phi) is 4.33. The van der Waals surface area contributed by atoms with E-state index >= 15 is 0 Å². The van der Waals surface area contributed by atoms with Gasteiger partial charge < -0.3 is 4.74 Å². The molecule has 1 heterocycles. The minimum atomic E-state index is 0.316. The van der Waals surface area contributed by atoms with Gasteiger partial charge >= 0.3 is 0 Å². The summed E-state index contributed by atoms with van der Waals surface area (Å²) in [5, 5.41) is 0.930. The summed E-state index contributed by atoms with van der Waals surface area (Å²) in [7, 11) is 0. The molecule has 0 unspecified atom stereocenters. The normalized spacial score (nSPS) is 10.4. The van der Waals surface area contributed by atoms with Crippen molar-refractivity contribution >= 4 is 34.8 Å². The Bertz CT molecular complexity index is 572. The van der Waals surface area contributed by atoms with Crippen molar-refractivity contribution in [3.63, 3.8) is 0 Å². The highest BCUT2D eigenvalue weighted by molar-refractivity contribution is 6.32. The molecule has 0 radical (unpaired) electrons. The van der Waals surface area contributed by atoms with Crippen molar-refractivity contribution in [2.45, 2.75) is 12.8 Å². The lowest BCUT2D eigenvalue weighted by Crippen LogP contribution is -1.91. The number of hydrogen-bond donors (Lipinski definition) is 0. The van der Waals surface area contributed by atoms with E-state index in [1.165, 1.54) is 0 Å². The minimum absolute atomic E-state index is 0.316. The number of ether oxygens (including phenoxy) is 1. The highest BCUT2D eigenvalue weighted by Crippen LogP contribution is 2.32. The van der Waals surface area contributed by atoms with Gasteiger partial charge in [-0.1, -0.05) is 29.3 Å². The summed E-state index contributed by atoms with van der Waals surface area (Å²) >= 11 is 17.8. The smallest absolute Gasteiger partial charge is 0.238 e. The van der Waals surface area contributed by atoms with Crippen LogP contribution >= 0.6 is 34.8 Å². The molecular formula is C13H10Cl3NO. The summed E-state index contributed by atoms with van der Waals surface area (Å²) in [4.78, 5) is 4.11. The van der Waals surface area contributed by atoms with Crippen molar-refractivity contribution in [1.29, 1.82) is 0 Å². The molecule has 0 aliphatic heterocycles. The van der Waals surface area contributed by atoms with Gasteiger partial charge in [-0.05, 0) is 36.2 Å². The number of aromatic nitrogens is 1. The molecule has 0 N–H and O–H groups in total. The van der Waals surface area contributed by atoms with Gasteiger partial charge in [-0.2, -0.15) is 0 Å². The second-order valence-corrected chi connectivity index (χ2v) is 4.88. The fraction of sp³-hybridized carbons (Fsp3) is 0.154. The van der Waals surface area contributed by atoms with Crippen LogP contribution in [0.2, 0.25) is 10.0 Å². The van der Waals surface area contributed by atoms with Crippen LogP contribution in [0.5, 0.6) is 11.6 Å². The van der Waals surface area contributed by atoms with Gasteiger partial charge in [0.2, 0.25) is 5.88 Å². The molecule has 94 valence electrons. The van der Waals surface area contributed by atoms with Crippen molar-refractivity contribution < 1.29 is 4.74 Å². The first-order chi connectivity index (χ1) is 8.60. The number of benzene rings is 1. The summed E-state index contributed by atoms with van der Waals surface area (Å²) in [6.45, 7) is 1.95. The molecule has 2 nitrogen and oxygen atoms in total. The van der Waals surface area contributed by atoms with E-state index in [4.69, 9.17) is 39.5 Å². The zero-order chi connectivity index (χ0) is 13.1. The van der Waals surface area contributed by atoms with Crippen LogP contribution in [0.4, 0.5) is 0 Å². The Balaban J connectivity index is 2.28. The third-order valence-corrected chi connectivity index (χ3v) is 3.19. The minimum Gasteiger partial charge on any atom is -0.436 e. The molecule has 2 aromatic rings. The maximum atomic E-state index is 6.07. The van der Waals surface area contributed by atoms with Crippen LogP contribution in [-0.4, -0.2) is 4.98 Å². The van der Waals surface area contributed by atoms with E-state index < -0.39 is 0 Å². The van der Waals surface area contributed by atoms with Crippen molar-refractivity contribution in [2.75, 3.05) is 0 Å². The molecule has 0 bridgehead atoms. The van der Waals surface area contributed by atoms with Gasteiger partial charge in [-0.25, -0.2) is 4.98 Å². The van der Waals surface area contributed by atoms with Gasteiger partial charge in [-0.15, -0.1) is 11.6 Å². The van der Waals surface area contributed by atoms with Crippen LogP contribution in [0.25, 0.3) is 0 Å². The van der Waals surface area contributed by atoms with Crippen LogP contribution in [0.15, 0.2) is 30.5 Å². The number of rotatable bonds is 3. The number of hydrogen-bond acceptors (Lipinski definition) is 2. The quantitative estimate of drug-likeness (QED) is 0.724. The first-order valence-electron chi connectivity index (χ1n) is 5.24. The Morgan fingerprint density at radius 1 is 1.17 bits per heavy atom. The lowest BCUT2D eigenvalue weighted by Gasteiger charge is -2.09. The summed E-state index contributed by atoms with van der Waals surface area (Å²) in [5.41, 5.74) is 1.90. The lowest BCUT2D eigenvalue weighted by atomic mass is 10.2. The third kappa shape index (κ3) is 3.08. The molecule has 0 atom stereocenters. The van der Waals surface area contributed by atoms with Gasteiger partial charge in [-0.3, -0.25) is 0 Å². The second-order valence-electron chi connectivity index (χ2n) is 3.80.